The van der Waals surface area contributed by atoms with Gasteiger partial charge in [-0.2, -0.15) is 5.10 Å². The fraction of sp³-hybridized carbons (Fsp3) is 0.444. The monoisotopic (exact) mass is 313 g/mol. The number of aryl methyl sites for hydroxylation is 2. The van der Waals surface area contributed by atoms with Crippen LogP contribution in [-0.2, 0) is 11.8 Å². The Kier molecular flexibility index (Phi) is 4.76. The van der Waals surface area contributed by atoms with Gasteiger partial charge in [-0.25, -0.2) is 0 Å². The molecule has 1 aromatic heterocycles. The van der Waals surface area contributed by atoms with E-state index >= 15 is 0 Å². The third-order valence-electron chi connectivity index (χ3n) is 4.34. The lowest BCUT2D eigenvalue weighted by Crippen LogP contribution is -2.35. The molecular formula is C18H23N3O2. The number of aromatic nitrogens is 2. The summed E-state index contributed by atoms with van der Waals surface area (Å²) in [4.78, 5) is 12.2. The van der Waals surface area contributed by atoms with Gasteiger partial charge in [0.15, 0.2) is 0 Å². The van der Waals surface area contributed by atoms with Gasteiger partial charge in [0.05, 0.1) is 17.9 Å². The molecule has 1 amide bonds. The third kappa shape index (κ3) is 3.79. The van der Waals surface area contributed by atoms with Crippen molar-refractivity contribution in [1.29, 1.82) is 0 Å². The van der Waals surface area contributed by atoms with Crippen molar-refractivity contribution in [1.82, 2.24) is 15.1 Å². The Morgan fingerprint density at radius 1 is 1.39 bits per heavy atom. The van der Waals surface area contributed by atoms with E-state index in [-0.39, 0.29) is 12.0 Å². The second kappa shape index (κ2) is 6.96. The van der Waals surface area contributed by atoms with Crippen LogP contribution in [0.15, 0.2) is 36.7 Å². The molecule has 0 radical (unpaired) electrons. The number of nitrogens with one attached hydrogen (secondary N) is 1. The average molecular weight is 313 g/mol. The first kappa shape index (κ1) is 15.7. The minimum atomic E-state index is -0.0775. The molecule has 0 unspecified atom stereocenters. The van der Waals surface area contributed by atoms with Crippen LogP contribution in [0.1, 0.15) is 40.4 Å². The molecule has 1 aliphatic rings. The van der Waals surface area contributed by atoms with E-state index in [0.29, 0.717) is 18.0 Å². The van der Waals surface area contributed by atoms with Crippen molar-refractivity contribution < 1.29 is 9.53 Å². The Morgan fingerprint density at radius 3 is 2.87 bits per heavy atom. The number of carbonyl (C=O) groups is 1. The predicted octanol–water partition coefficient (Wildman–Crippen LogP) is 2.63. The number of hydrogen-bond donors (Lipinski definition) is 1. The Hall–Kier alpha value is -2.14. The maximum Gasteiger partial charge on any atom is 0.254 e. The van der Waals surface area contributed by atoms with Crippen LogP contribution >= 0.6 is 0 Å². The van der Waals surface area contributed by atoms with Crippen molar-refractivity contribution in [2.75, 3.05) is 13.2 Å². The average Bonchev–Trinajstić information content (AvgIpc) is 3.00. The minimum Gasteiger partial charge on any atom is -0.373 e. The summed E-state index contributed by atoms with van der Waals surface area (Å²) in [5, 5.41) is 7.06. The number of carbonyl (C=O) groups excluding carboxylic acids is 1. The fourth-order valence-electron chi connectivity index (χ4n) is 3.04. The lowest BCUT2D eigenvalue weighted by Gasteiger charge is -2.32. The lowest BCUT2D eigenvalue weighted by molar-refractivity contribution is -0.0272. The maximum atomic E-state index is 12.2. The third-order valence-corrected chi connectivity index (χ3v) is 4.34. The van der Waals surface area contributed by atoms with E-state index in [1.54, 1.807) is 24.1 Å². The van der Waals surface area contributed by atoms with Gasteiger partial charge < -0.3 is 10.1 Å². The highest BCUT2D eigenvalue weighted by atomic mass is 16.5. The predicted molar refractivity (Wildman–Crippen MR) is 88.1 cm³/mol. The largest absolute Gasteiger partial charge is 0.373 e. The van der Waals surface area contributed by atoms with E-state index in [9.17, 15) is 4.79 Å². The van der Waals surface area contributed by atoms with Crippen molar-refractivity contribution in [2.45, 2.75) is 25.9 Å². The SMILES string of the molecule is Cc1ccc([C@@H]2OCCC[C@@H]2CNC(=O)c2cnn(C)c2)cc1. The zero-order valence-corrected chi connectivity index (χ0v) is 13.7. The first-order chi connectivity index (χ1) is 11.1. The van der Waals surface area contributed by atoms with Crippen LogP contribution in [0, 0.1) is 12.8 Å². The molecule has 3 rings (SSSR count). The second-order valence-corrected chi connectivity index (χ2v) is 6.22. The van der Waals surface area contributed by atoms with Crippen molar-refractivity contribution >= 4 is 5.91 Å². The number of ether oxygens (including phenoxy) is 1. The molecule has 5 heteroatoms. The summed E-state index contributed by atoms with van der Waals surface area (Å²) in [6.07, 6.45) is 5.47. The molecule has 23 heavy (non-hydrogen) atoms. The summed E-state index contributed by atoms with van der Waals surface area (Å²) in [5.74, 6) is 0.221. The number of nitrogens with zero attached hydrogens (tertiary/aromatic N) is 2. The summed E-state index contributed by atoms with van der Waals surface area (Å²) in [5.41, 5.74) is 3.03. The smallest absolute Gasteiger partial charge is 0.254 e. The Labute approximate surface area is 136 Å². The molecule has 0 saturated carbocycles. The molecule has 2 aromatic rings. The van der Waals surface area contributed by atoms with Crippen molar-refractivity contribution in [3.8, 4) is 0 Å². The normalized spacial score (nSPS) is 21.1. The molecule has 0 bridgehead atoms. The number of benzene rings is 1. The van der Waals surface area contributed by atoms with Crippen molar-refractivity contribution in [3.63, 3.8) is 0 Å². The maximum absolute atomic E-state index is 12.2. The van der Waals surface area contributed by atoms with Gasteiger partial charge in [-0.15, -0.1) is 0 Å². The molecule has 2 atom stereocenters. The van der Waals surface area contributed by atoms with Crippen LogP contribution in [-0.4, -0.2) is 28.8 Å². The van der Waals surface area contributed by atoms with Gasteiger partial charge in [0, 0.05) is 32.3 Å². The highest BCUT2D eigenvalue weighted by Crippen LogP contribution is 2.33. The van der Waals surface area contributed by atoms with Crippen LogP contribution in [0.4, 0.5) is 0 Å². The highest BCUT2D eigenvalue weighted by Gasteiger charge is 2.27. The first-order valence-corrected chi connectivity index (χ1v) is 8.08. The summed E-state index contributed by atoms with van der Waals surface area (Å²) in [6, 6.07) is 8.47. The van der Waals surface area contributed by atoms with Crippen molar-refractivity contribution in [3.05, 3.63) is 53.3 Å². The van der Waals surface area contributed by atoms with Gasteiger partial charge in [-0.1, -0.05) is 29.8 Å². The van der Waals surface area contributed by atoms with Crippen molar-refractivity contribution in [2.24, 2.45) is 13.0 Å². The summed E-state index contributed by atoms with van der Waals surface area (Å²) in [7, 11) is 1.80. The van der Waals surface area contributed by atoms with E-state index in [2.05, 4.69) is 41.6 Å². The van der Waals surface area contributed by atoms with Crippen LogP contribution in [0.3, 0.4) is 0 Å². The van der Waals surface area contributed by atoms with E-state index in [4.69, 9.17) is 4.74 Å². The lowest BCUT2D eigenvalue weighted by atomic mass is 9.89. The highest BCUT2D eigenvalue weighted by molar-refractivity contribution is 5.93. The molecular weight excluding hydrogens is 290 g/mol. The topological polar surface area (TPSA) is 56.1 Å². The summed E-state index contributed by atoms with van der Waals surface area (Å²) < 4.78 is 7.62. The molecule has 1 saturated heterocycles. The summed E-state index contributed by atoms with van der Waals surface area (Å²) >= 11 is 0. The molecule has 5 nitrogen and oxygen atoms in total. The van der Waals surface area contributed by atoms with Gasteiger partial charge in [0.2, 0.25) is 0 Å². The molecule has 2 heterocycles. The van der Waals surface area contributed by atoms with Gasteiger partial charge >= 0.3 is 0 Å². The zero-order chi connectivity index (χ0) is 16.2. The van der Waals surface area contributed by atoms with Gasteiger partial charge in [0.25, 0.3) is 5.91 Å². The standard InChI is InChI=1S/C18H23N3O2/c1-13-5-7-14(8-6-13)17-15(4-3-9-23-17)10-19-18(22)16-11-20-21(2)12-16/h5-8,11-12,15,17H,3-4,9-10H2,1-2H3,(H,19,22)/t15-,17+/m1/s1. The van der Waals surface area contributed by atoms with Crippen LogP contribution in [0.2, 0.25) is 0 Å². The Balaban J connectivity index is 1.64. The van der Waals surface area contributed by atoms with E-state index < -0.39 is 0 Å². The molecule has 1 aromatic carbocycles. The second-order valence-electron chi connectivity index (χ2n) is 6.22. The van der Waals surface area contributed by atoms with E-state index in [1.807, 2.05) is 0 Å². The van der Waals surface area contributed by atoms with Crippen LogP contribution < -0.4 is 5.32 Å². The molecule has 0 aliphatic carbocycles. The summed E-state index contributed by atoms with van der Waals surface area (Å²) in [6.45, 7) is 3.48. The number of hydrogen-bond acceptors (Lipinski definition) is 3. The van der Waals surface area contributed by atoms with E-state index in [0.717, 1.165) is 19.4 Å². The van der Waals surface area contributed by atoms with Crippen LogP contribution in [0.25, 0.3) is 0 Å². The Bertz CT molecular complexity index is 663. The van der Waals surface area contributed by atoms with Gasteiger partial charge in [0.1, 0.15) is 0 Å². The fourth-order valence-corrected chi connectivity index (χ4v) is 3.04. The zero-order valence-electron chi connectivity index (χ0n) is 13.7. The number of amides is 1. The number of rotatable bonds is 4. The van der Waals surface area contributed by atoms with Crippen LogP contribution in [0.5, 0.6) is 0 Å². The molecule has 0 spiro atoms. The molecule has 122 valence electrons. The van der Waals surface area contributed by atoms with Gasteiger partial charge in [-0.3, -0.25) is 9.48 Å². The molecule has 1 aliphatic heterocycles. The molecule has 1 fully saturated rings. The quantitative estimate of drug-likeness (QED) is 0.944. The first-order valence-electron chi connectivity index (χ1n) is 8.08. The molecule has 1 N–H and O–H groups in total. The van der Waals surface area contributed by atoms with E-state index in [1.165, 1.54) is 11.1 Å². The van der Waals surface area contributed by atoms with Gasteiger partial charge in [-0.05, 0) is 25.3 Å². The minimum absolute atomic E-state index is 0.0542. The Morgan fingerprint density at radius 2 is 2.17 bits per heavy atom.